The highest BCUT2D eigenvalue weighted by atomic mass is 33.1. The van der Waals surface area contributed by atoms with Crippen LogP contribution < -0.4 is 37.6 Å². The fraction of sp³-hybridized carbons (Fsp3) is 0.610. The molecule has 3 unspecified atom stereocenters. The number of hydrogen-bond donors (Lipinski definition) is 9. The molecule has 7 atom stereocenters. The molecule has 2 fully saturated rings. The van der Waals surface area contributed by atoms with Crippen LogP contribution in [0.3, 0.4) is 0 Å². The molecule has 18 nitrogen and oxygen atoms in total. The number of nitrogens with two attached hydrogens (primary N) is 1. The number of para-hydroxylation sites is 1. The fourth-order valence-electron chi connectivity index (χ4n) is 7.33. The summed E-state index contributed by atoms with van der Waals surface area (Å²) >= 11 is 0. The van der Waals surface area contributed by atoms with E-state index in [-0.39, 0.29) is 55.6 Å². The second-order valence-electron chi connectivity index (χ2n) is 16.7. The minimum absolute atomic E-state index is 0.0134. The minimum atomic E-state index is -1.43. The molecule has 1 aromatic heterocycles. The number of carboxylic acid groups (broad SMARTS) is 1. The third-order valence-electron chi connectivity index (χ3n) is 10.5. The van der Waals surface area contributed by atoms with Gasteiger partial charge in [0.25, 0.3) is 0 Å². The van der Waals surface area contributed by atoms with Crippen LogP contribution in [0, 0.1) is 17.8 Å². The first kappa shape index (κ1) is 48.8. The van der Waals surface area contributed by atoms with Crippen molar-refractivity contribution in [2.75, 3.05) is 24.6 Å². The monoisotopic (exact) mass is 887 g/mol. The zero-order valence-corrected chi connectivity index (χ0v) is 37.2. The van der Waals surface area contributed by atoms with Gasteiger partial charge in [0.1, 0.15) is 42.3 Å². The number of rotatable bonds is 10. The predicted octanol–water partition coefficient (Wildman–Crippen LogP) is 0.797. The molecule has 20 heteroatoms. The van der Waals surface area contributed by atoms with Gasteiger partial charge >= 0.3 is 5.97 Å². The molecule has 2 aromatic rings. The second-order valence-corrected chi connectivity index (χ2v) is 19.3. The van der Waals surface area contributed by atoms with Gasteiger partial charge in [-0.2, -0.15) is 0 Å². The number of nitrogens with zero attached hydrogens (tertiary/aromatic N) is 1. The molecule has 0 bridgehead atoms. The van der Waals surface area contributed by atoms with E-state index in [9.17, 15) is 43.5 Å². The number of benzene rings is 1. The summed E-state index contributed by atoms with van der Waals surface area (Å²) in [4.78, 5) is 114. The number of H-pyrrole nitrogens is 1. The lowest BCUT2D eigenvalue weighted by molar-refractivity contribution is -0.143. The fourth-order valence-corrected chi connectivity index (χ4v) is 9.65. The van der Waals surface area contributed by atoms with Crippen molar-refractivity contribution in [1.82, 2.24) is 41.8 Å². The lowest BCUT2D eigenvalue weighted by Gasteiger charge is -2.32. The number of fused-ring (bicyclic) bond motifs is 2. The Bertz CT molecular complexity index is 1910. The summed E-state index contributed by atoms with van der Waals surface area (Å²) in [5.74, 6) is -6.70. The van der Waals surface area contributed by atoms with Crippen molar-refractivity contribution >= 4 is 79.8 Å². The van der Waals surface area contributed by atoms with Gasteiger partial charge in [0, 0.05) is 41.6 Å². The maximum Gasteiger partial charge on any atom is 0.327 e. The third kappa shape index (κ3) is 13.8. The Morgan fingerprint density at radius 2 is 1.43 bits per heavy atom. The first-order valence-corrected chi connectivity index (χ1v) is 23.2. The average molecular weight is 888 g/mol. The topological polar surface area (TPSA) is 274 Å². The summed E-state index contributed by atoms with van der Waals surface area (Å²) in [6.07, 6.45) is 2.89. The molecule has 0 spiro atoms. The molecule has 1 aromatic carbocycles. The Balaban J connectivity index is 1.74. The van der Waals surface area contributed by atoms with Gasteiger partial charge in [-0.1, -0.05) is 81.3 Å². The van der Waals surface area contributed by atoms with Crippen molar-refractivity contribution in [2.24, 2.45) is 23.5 Å². The maximum absolute atomic E-state index is 14.4. The van der Waals surface area contributed by atoms with Crippen molar-refractivity contribution in [1.29, 1.82) is 0 Å². The molecule has 4 rings (SSSR count). The van der Waals surface area contributed by atoms with Crippen LogP contribution >= 0.6 is 21.6 Å². The van der Waals surface area contributed by atoms with Crippen LogP contribution in [0.4, 0.5) is 0 Å². The van der Waals surface area contributed by atoms with Crippen LogP contribution in [0.15, 0.2) is 30.5 Å². The van der Waals surface area contributed by atoms with Crippen LogP contribution in [-0.2, 0) is 44.8 Å². The van der Waals surface area contributed by atoms with Crippen LogP contribution in [0.25, 0.3) is 10.9 Å². The number of aliphatic carboxylic acids is 1. The Morgan fingerprint density at radius 1 is 0.803 bits per heavy atom. The summed E-state index contributed by atoms with van der Waals surface area (Å²) in [7, 11) is 2.08. The first-order valence-electron chi connectivity index (χ1n) is 20.7. The molecule has 3 heterocycles. The van der Waals surface area contributed by atoms with E-state index in [1.54, 1.807) is 20.0 Å². The van der Waals surface area contributed by atoms with Gasteiger partial charge in [0.05, 0.1) is 6.54 Å². The van der Waals surface area contributed by atoms with Crippen molar-refractivity contribution in [3.8, 4) is 0 Å². The predicted molar refractivity (Wildman–Crippen MR) is 234 cm³/mol. The molecule has 0 aliphatic carbocycles. The van der Waals surface area contributed by atoms with E-state index in [0.29, 0.717) is 12.0 Å². The van der Waals surface area contributed by atoms with Gasteiger partial charge in [-0.3, -0.25) is 33.6 Å². The molecule has 2 aliphatic heterocycles. The number of carbonyl (C=O) groups is 8. The first-order chi connectivity index (χ1) is 28.9. The summed E-state index contributed by atoms with van der Waals surface area (Å²) in [5, 5.41) is 27.3. The normalized spacial score (nSPS) is 25.7. The second kappa shape index (κ2) is 22.9. The van der Waals surface area contributed by atoms with Crippen molar-refractivity contribution in [2.45, 2.75) is 116 Å². The summed E-state index contributed by atoms with van der Waals surface area (Å²) in [6.45, 7) is 10.7. The highest BCUT2D eigenvalue weighted by Gasteiger charge is 2.41. The summed E-state index contributed by atoms with van der Waals surface area (Å²) in [5.41, 5.74) is 7.02. The average Bonchev–Trinajstić information content (AvgIpc) is 3.86. The van der Waals surface area contributed by atoms with E-state index < -0.39 is 102 Å². The zero-order valence-electron chi connectivity index (χ0n) is 35.6. The van der Waals surface area contributed by atoms with Crippen molar-refractivity contribution in [3.05, 3.63) is 36.0 Å². The minimum Gasteiger partial charge on any atom is -0.480 e. The number of carboxylic acids is 1. The number of aromatic amines is 1. The van der Waals surface area contributed by atoms with E-state index >= 15 is 0 Å². The molecule has 0 saturated carbocycles. The van der Waals surface area contributed by atoms with Crippen LogP contribution in [0.5, 0.6) is 0 Å². The number of hydrogen-bond acceptors (Lipinski definition) is 11. The standard InChI is InChI=1S/C41H61N9O9S2/c1-21(2)14-27-35(52)47-29(15-22(3)4)40(57)50-13-9-12-32(50)38(55)45-28(16-24-18-43-26-11-8-7-10-25(24)26)36(53)48-31(41(58)59)20-61-60-19-30(44-33(51)17-42)37(54)49-34(23(5)6)39(56)46-27/h7-8,10-11,18,21-23,27-32,34,43H,9,12-17,19-20,42H2,1-6H3,(H,44,51)(H,45,55)(H,46,56)(H,47,52)(H,48,53)(H,49,54)(H,58,59)/t27?,28-,29-,30?,31-,32-,34?/m0/s1. The molecule has 2 saturated heterocycles. The Kier molecular flexibility index (Phi) is 18.3. The van der Waals surface area contributed by atoms with Crippen molar-refractivity contribution < 1.29 is 43.5 Å². The zero-order chi connectivity index (χ0) is 45.0. The molecule has 336 valence electrons. The highest BCUT2D eigenvalue weighted by Crippen LogP contribution is 2.25. The third-order valence-corrected chi connectivity index (χ3v) is 12.9. The maximum atomic E-state index is 14.4. The molecule has 2 aliphatic rings. The molecular formula is C41H61N9O9S2. The van der Waals surface area contributed by atoms with Crippen molar-refractivity contribution in [3.63, 3.8) is 0 Å². The number of carbonyl (C=O) groups excluding carboxylic acids is 7. The summed E-state index contributed by atoms with van der Waals surface area (Å²) in [6, 6.07) is -0.806. The van der Waals surface area contributed by atoms with E-state index in [2.05, 4.69) is 36.9 Å². The highest BCUT2D eigenvalue weighted by molar-refractivity contribution is 8.76. The molecule has 0 radical (unpaired) electrons. The van der Waals surface area contributed by atoms with Gasteiger partial charge in [0.15, 0.2) is 0 Å². The Hall–Kier alpha value is -4.82. The van der Waals surface area contributed by atoms with Gasteiger partial charge in [-0.05, 0) is 55.1 Å². The molecule has 10 N–H and O–H groups in total. The smallest absolute Gasteiger partial charge is 0.327 e. The quantitative estimate of drug-likeness (QED) is 0.150. The van der Waals surface area contributed by atoms with E-state index in [1.807, 2.05) is 52.0 Å². The van der Waals surface area contributed by atoms with Gasteiger partial charge in [-0.15, -0.1) is 0 Å². The Morgan fingerprint density at radius 3 is 2.08 bits per heavy atom. The van der Waals surface area contributed by atoms with E-state index in [0.717, 1.165) is 32.5 Å². The lowest BCUT2D eigenvalue weighted by Crippen LogP contribution is -2.61. The number of nitrogens with one attached hydrogen (secondary N) is 7. The van der Waals surface area contributed by atoms with E-state index in [1.165, 1.54) is 4.90 Å². The Labute approximate surface area is 363 Å². The molecule has 61 heavy (non-hydrogen) atoms. The SMILES string of the molecule is CC(C)CC1NC(=O)C(C(C)C)NC(=O)C(NC(=O)CN)CSSC[C@@H](C(=O)O)NC(=O)[C@H](Cc2c[nH]c3ccccc23)NC(=O)[C@@H]2CCCN2C(=O)[C@H](CC(C)C)NC1=O. The molecule has 7 amide bonds. The van der Waals surface area contributed by atoms with Crippen LogP contribution in [0.2, 0.25) is 0 Å². The van der Waals surface area contributed by atoms with E-state index in [4.69, 9.17) is 5.73 Å². The van der Waals surface area contributed by atoms with Gasteiger partial charge < -0.3 is 52.6 Å². The lowest BCUT2D eigenvalue weighted by atomic mass is 9.98. The van der Waals surface area contributed by atoms with Crippen LogP contribution in [0.1, 0.15) is 72.8 Å². The van der Waals surface area contributed by atoms with Gasteiger partial charge in [-0.25, -0.2) is 4.79 Å². The number of amides is 7. The summed E-state index contributed by atoms with van der Waals surface area (Å²) < 4.78 is 0. The van der Waals surface area contributed by atoms with Crippen LogP contribution in [-0.4, -0.2) is 129 Å². The largest absolute Gasteiger partial charge is 0.480 e. The van der Waals surface area contributed by atoms with Gasteiger partial charge in [0.2, 0.25) is 41.4 Å². The number of aromatic nitrogens is 1. The molecular weight excluding hydrogens is 827 g/mol.